The number of carbonyl (C=O) groups excluding carboxylic acids is 1. The van der Waals surface area contributed by atoms with Crippen molar-refractivity contribution in [3.8, 4) is 0 Å². The monoisotopic (exact) mass is 216 g/mol. The molecular weight excluding hydrogens is 196 g/mol. The molecule has 0 bridgehead atoms. The first-order chi connectivity index (χ1) is 7.27. The van der Waals surface area contributed by atoms with Crippen LogP contribution in [0.15, 0.2) is 0 Å². The van der Waals surface area contributed by atoms with Gasteiger partial charge in [0.05, 0.1) is 25.9 Å². The molecule has 1 fully saturated rings. The van der Waals surface area contributed by atoms with Gasteiger partial charge in [0.15, 0.2) is 0 Å². The number of hydrogen-bond donors (Lipinski definition) is 2. The lowest BCUT2D eigenvalue weighted by Gasteiger charge is -2.25. The van der Waals surface area contributed by atoms with Gasteiger partial charge in [0.2, 0.25) is 5.91 Å². The van der Waals surface area contributed by atoms with Crippen molar-refractivity contribution >= 4 is 5.91 Å². The minimum Gasteiger partial charge on any atom is -0.383 e. The number of nitrogens with one attached hydrogen (secondary N) is 2. The molecule has 0 aromatic heterocycles. The van der Waals surface area contributed by atoms with Crippen molar-refractivity contribution in [1.29, 1.82) is 0 Å². The Morgan fingerprint density at radius 1 is 1.73 bits per heavy atom. The summed E-state index contributed by atoms with van der Waals surface area (Å²) in [6.07, 6.45) is 0.868. The maximum atomic E-state index is 11.7. The van der Waals surface area contributed by atoms with Crippen LogP contribution in [0.2, 0.25) is 0 Å². The van der Waals surface area contributed by atoms with Gasteiger partial charge in [0.1, 0.15) is 6.04 Å². The van der Waals surface area contributed by atoms with Crippen molar-refractivity contribution in [1.82, 2.24) is 10.6 Å². The summed E-state index contributed by atoms with van der Waals surface area (Å²) in [5.41, 5.74) is 0. The van der Waals surface area contributed by atoms with Crippen molar-refractivity contribution < 1.29 is 14.3 Å². The summed E-state index contributed by atoms with van der Waals surface area (Å²) in [5.74, 6) is -0.00130. The predicted molar refractivity (Wildman–Crippen MR) is 56.7 cm³/mol. The maximum Gasteiger partial charge on any atom is 0.239 e. The standard InChI is InChI=1S/C10H20N2O3/c1-3-8(6-14-2)12-10(13)9-7-15-5-4-11-9/h8-9,11H,3-7H2,1-2H3,(H,12,13). The topological polar surface area (TPSA) is 59.6 Å². The molecule has 15 heavy (non-hydrogen) atoms. The molecule has 0 radical (unpaired) electrons. The average Bonchev–Trinajstić information content (AvgIpc) is 2.29. The molecule has 1 aliphatic heterocycles. The van der Waals surface area contributed by atoms with Crippen LogP contribution in [0.1, 0.15) is 13.3 Å². The van der Waals surface area contributed by atoms with Crippen LogP contribution in [0.3, 0.4) is 0 Å². The highest BCUT2D eigenvalue weighted by Gasteiger charge is 2.22. The van der Waals surface area contributed by atoms with Crippen molar-refractivity contribution in [2.24, 2.45) is 0 Å². The minimum atomic E-state index is -0.218. The zero-order valence-corrected chi connectivity index (χ0v) is 9.41. The molecule has 1 saturated heterocycles. The third kappa shape index (κ3) is 4.15. The lowest BCUT2D eigenvalue weighted by Crippen LogP contribution is -2.53. The Morgan fingerprint density at radius 3 is 3.07 bits per heavy atom. The van der Waals surface area contributed by atoms with E-state index < -0.39 is 0 Å². The van der Waals surface area contributed by atoms with Gasteiger partial charge < -0.3 is 20.1 Å². The predicted octanol–water partition coefficient (Wildman–Crippen LogP) is -0.484. The number of morpholine rings is 1. The van der Waals surface area contributed by atoms with Gasteiger partial charge >= 0.3 is 0 Å². The third-order valence-corrected chi connectivity index (χ3v) is 2.45. The van der Waals surface area contributed by atoms with E-state index >= 15 is 0 Å². The lowest BCUT2D eigenvalue weighted by molar-refractivity contribution is -0.127. The van der Waals surface area contributed by atoms with Gasteiger partial charge in [-0.2, -0.15) is 0 Å². The Bertz CT molecular complexity index is 193. The molecule has 0 aromatic rings. The fourth-order valence-electron chi connectivity index (χ4n) is 1.50. The molecule has 1 heterocycles. The molecule has 0 aromatic carbocycles. The van der Waals surface area contributed by atoms with Crippen LogP contribution >= 0.6 is 0 Å². The number of amides is 1. The summed E-state index contributed by atoms with van der Waals surface area (Å²) in [6, 6.07) is -0.129. The van der Waals surface area contributed by atoms with Crippen LogP contribution in [0.5, 0.6) is 0 Å². The van der Waals surface area contributed by atoms with Crippen LogP contribution in [-0.4, -0.2) is 51.5 Å². The Balaban J connectivity index is 2.31. The van der Waals surface area contributed by atoms with E-state index in [4.69, 9.17) is 9.47 Å². The van der Waals surface area contributed by atoms with E-state index in [9.17, 15) is 4.79 Å². The van der Waals surface area contributed by atoms with E-state index in [1.807, 2.05) is 6.92 Å². The highest BCUT2D eigenvalue weighted by Crippen LogP contribution is 1.97. The van der Waals surface area contributed by atoms with Crippen LogP contribution in [0.25, 0.3) is 0 Å². The van der Waals surface area contributed by atoms with Crippen LogP contribution < -0.4 is 10.6 Å². The quantitative estimate of drug-likeness (QED) is 0.651. The van der Waals surface area contributed by atoms with E-state index in [2.05, 4.69) is 10.6 Å². The fourth-order valence-corrected chi connectivity index (χ4v) is 1.50. The number of carbonyl (C=O) groups is 1. The first-order valence-corrected chi connectivity index (χ1v) is 5.38. The molecule has 0 saturated carbocycles. The number of methoxy groups -OCH3 is 1. The second kappa shape index (κ2) is 6.76. The van der Waals surface area contributed by atoms with E-state index in [0.717, 1.165) is 13.0 Å². The molecule has 2 unspecified atom stereocenters. The molecule has 88 valence electrons. The van der Waals surface area contributed by atoms with E-state index in [1.165, 1.54) is 0 Å². The molecular formula is C10H20N2O3. The Hall–Kier alpha value is -0.650. The van der Waals surface area contributed by atoms with Crippen molar-refractivity contribution in [3.63, 3.8) is 0 Å². The van der Waals surface area contributed by atoms with Crippen molar-refractivity contribution in [2.45, 2.75) is 25.4 Å². The van der Waals surface area contributed by atoms with Gasteiger partial charge in [0.25, 0.3) is 0 Å². The second-order valence-electron chi connectivity index (χ2n) is 3.65. The van der Waals surface area contributed by atoms with Crippen LogP contribution in [0.4, 0.5) is 0 Å². The molecule has 1 rings (SSSR count). The van der Waals surface area contributed by atoms with Crippen LogP contribution in [0, 0.1) is 0 Å². The van der Waals surface area contributed by atoms with E-state index in [0.29, 0.717) is 19.8 Å². The molecule has 2 atom stereocenters. The molecule has 5 nitrogen and oxygen atoms in total. The molecule has 0 spiro atoms. The van der Waals surface area contributed by atoms with Crippen LogP contribution in [-0.2, 0) is 14.3 Å². The molecule has 0 aliphatic carbocycles. The van der Waals surface area contributed by atoms with Gasteiger partial charge in [0, 0.05) is 13.7 Å². The highest BCUT2D eigenvalue weighted by molar-refractivity contribution is 5.82. The Morgan fingerprint density at radius 2 is 2.53 bits per heavy atom. The smallest absolute Gasteiger partial charge is 0.239 e. The SMILES string of the molecule is CCC(COC)NC(=O)C1COCCN1. The van der Waals surface area contributed by atoms with Crippen molar-refractivity contribution in [3.05, 3.63) is 0 Å². The summed E-state index contributed by atoms with van der Waals surface area (Å²) < 4.78 is 10.2. The van der Waals surface area contributed by atoms with Gasteiger partial charge in [-0.05, 0) is 6.42 Å². The maximum absolute atomic E-state index is 11.7. The van der Waals surface area contributed by atoms with Crippen molar-refractivity contribution in [2.75, 3.05) is 33.5 Å². The number of hydrogen-bond acceptors (Lipinski definition) is 4. The normalized spacial score (nSPS) is 23.5. The summed E-state index contributed by atoms with van der Waals surface area (Å²) in [7, 11) is 1.64. The van der Waals surface area contributed by atoms with Gasteiger partial charge in [-0.1, -0.05) is 6.92 Å². The molecule has 2 N–H and O–H groups in total. The Labute approximate surface area is 90.5 Å². The van der Waals surface area contributed by atoms with E-state index in [-0.39, 0.29) is 18.0 Å². The highest BCUT2D eigenvalue weighted by atomic mass is 16.5. The van der Waals surface area contributed by atoms with E-state index in [1.54, 1.807) is 7.11 Å². The fraction of sp³-hybridized carbons (Fsp3) is 0.900. The zero-order valence-electron chi connectivity index (χ0n) is 9.41. The summed E-state index contributed by atoms with van der Waals surface area (Å²) in [4.78, 5) is 11.7. The molecule has 5 heteroatoms. The third-order valence-electron chi connectivity index (χ3n) is 2.45. The first kappa shape index (κ1) is 12.4. The largest absolute Gasteiger partial charge is 0.383 e. The zero-order chi connectivity index (χ0) is 11.1. The molecule has 1 amide bonds. The number of ether oxygens (including phenoxy) is 2. The first-order valence-electron chi connectivity index (χ1n) is 5.38. The lowest BCUT2D eigenvalue weighted by atomic mass is 10.2. The van der Waals surface area contributed by atoms with Gasteiger partial charge in [-0.25, -0.2) is 0 Å². The second-order valence-corrected chi connectivity index (χ2v) is 3.65. The average molecular weight is 216 g/mol. The molecule has 1 aliphatic rings. The summed E-state index contributed by atoms with van der Waals surface area (Å²) in [6.45, 7) is 4.44. The summed E-state index contributed by atoms with van der Waals surface area (Å²) >= 11 is 0. The summed E-state index contributed by atoms with van der Waals surface area (Å²) in [5, 5.41) is 6.04. The van der Waals surface area contributed by atoms with Gasteiger partial charge in [-0.15, -0.1) is 0 Å². The minimum absolute atomic E-state index is 0.00130. The van der Waals surface area contributed by atoms with Gasteiger partial charge in [-0.3, -0.25) is 4.79 Å². The Kier molecular flexibility index (Phi) is 5.60. The number of rotatable bonds is 5.